The van der Waals surface area contributed by atoms with Gasteiger partial charge in [-0.25, -0.2) is 4.79 Å². The van der Waals surface area contributed by atoms with E-state index in [0.717, 1.165) is 32.6 Å². The highest BCUT2D eigenvalue weighted by molar-refractivity contribution is 6.22. The van der Waals surface area contributed by atoms with Crippen LogP contribution in [0.15, 0.2) is 42.5 Å². The zero-order valence-corrected chi connectivity index (χ0v) is 20.7. The summed E-state index contributed by atoms with van der Waals surface area (Å²) in [7, 11) is 6.81. The molecular formula is C27H26N4O5. The summed E-state index contributed by atoms with van der Waals surface area (Å²) in [5.74, 6) is 0.0536. The Morgan fingerprint density at radius 3 is 1.61 bits per heavy atom. The minimum Gasteiger partial charge on any atom is -0.434 e. The lowest BCUT2D eigenvalue weighted by molar-refractivity contribution is 0.0820. The number of nitrogens with one attached hydrogen (secondary N) is 2. The van der Waals surface area contributed by atoms with Gasteiger partial charge in [0.25, 0.3) is 11.8 Å². The third-order valence-corrected chi connectivity index (χ3v) is 6.17. The van der Waals surface area contributed by atoms with Crippen molar-refractivity contribution in [2.24, 2.45) is 0 Å². The van der Waals surface area contributed by atoms with Crippen LogP contribution in [-0.2, 0) is 4.74 Å². The number of carbonyl (C=O) groups excluding carboxylic acids is 3. The average molecular weight is 487 g/mol. The second-order valence-electron chi connectivity index (χ2n) is 9.01. The summed E-state index contributed by atoms with van der Waals surface area (Å²) in [5, 5.41) is 3.16. The van der Waals surface area contributed by atoms with Crippen molar-refractivity contribution >= 4 is 61.6 Å². The molecule has 0 saturated heterocycles. The fourth-order valence-electron chi connectivity index (χ4n) is 4.47. The molecule has 0 atom stereocenters. The van der Waals surface area contributed by atoms with Gasteiger partial charge < -0.3 is 29.2 Å². The molecule has 9 nitrogen and oxygen atoms in total. The molecule has 0 radical (unpaired) electrons. The number of fused-ring (bicyclic) bond motifs is 6. The minimum absolute atomic E-state index is 0.116. The number of rotatable bonds is 4. The van der Waals surface area contributed by atoms with E-state index in [1.54, 1.807) is 47.2 Å². The molecule has 0 unspecified atom stereocenters. The van der Waals surface area contributed by atoms with E-state index in [1.165, 1.54) is 9.80 Å². The van der Waals surface area contributed by atoms with Crippen molar-refractivity contribution < 1.29 is 23.9 Å². The van der Waals surface area contributed by atoms with Crippen LogP contribution in [0, 0.1) is 0 Å². The highest BCUT2D eigenvalue weighted by Crippen LogP contribution is 2.41. The van der Waals surface area contributed by atoms with Crippen molar-refractivity contribution in [1.82, 2.24) is 19.8 Å². The Bertz CT molecular complexity index is 1580. The predicted molar refractivity (Wildman–Crippen MR) is 139 cm³/mol. The third-order valence-electron chi connectivity index (χ3n) is 6.17. The first-order valence-corrected chi connectivity index (χ1v) is 11.5. The molecule has 0 aliphatic carbocycles. The van der Waals surface area contributed by atoms with Crippen LogP contribution in [0.4, 0.5) is 4.79 Å². The number of hydrogen-bond donors (Lipinski definition) is 2. The van der Waals surface area contributed by atoms with Crippen LogP contribution in [0.3, 0.4) is 0 Å². The molecule has 2 N–H and O–H groups in total. The molecule has 184 valence electrons. The van der Waals surface area contributed by atoms with Gasteiger partial charge in [-0.3, -0.25) is 9.59 Å². The zero-order valence-electron chi connectivity index (χ0n) is 20.7. The van der Waals surface area contributed by atoms with Crippen LogP contribution in [0.2, 0.25) is 0 Å². The molecule has 3 aromatic carbocycles. The van der Waals surface area contributed by atoms with Gasteiger partial charge >= 0.3 is 6.16 Å². The number of nitrogens with zero attached hydrogens (tertiary/aromatic N) is 2. The van der Waals surface area contributed by atoms with E-state index in [9.17, 15) is 14.4 Å². The monoisotopic (exact) mass is 486 g/mol. The molecule has 2 heterocycles. The molecule has 0 fully saturated rings. The Morgan fingerprint density at radius 1 is 0.722 bits per heavy atom. The molecule has 9 heteroatoms. The quantitative estimate of drug-likeness (QED) is 0.278. The van der Waals surface area contributed by atoms with E-state index in [2.05, 4.69) is 9.97 Å². The number of ether oxygens (including phenoxy) is 2. The van der Waals surface area contributed by atoms with E-state index >= 15 is 0 Å². The number of benzene rings is 3. The molecule has 0 aliphatic heterocycles. The summed E-state index contributed by atoms with van der Waals surface area (Å²) in [5.41, 5.74) is 3.84. The maximum absolute atomic E-state index is 12.6. The van der Waals surface area contributed by atoms with Crippen LogP contribution in [0.1, 0.15) is 27.6 Å². The highest BCUT2D eigenvalue weighted by atomic mass is 16.7. The number of hydrogen-bond acceptors (Lipinski definition) is 5. The Hall–Kier alpha value is -4.53. The van der Waals surface area contributed by atoms with Gasteiger partial charge in [-0.15, -0.1) is 0 Å². The lowest BCUT2D eigenvalue weighted by atomic mass is 10.0. The van der Waals surface area contributed by atoms with E-state index in [4.69, 9.17) is 9.47 Å². The normalized spacial score (nSPS) is 11.4. The highest BCUT2D eigenvalue weighted by Gasteiger charge is 2.22. The van der Waals surface area contributed by atoms with Gasteiger partial charge in [0.1, 0.15) is 0 Å². The smallest absolute Gasteiger partial charge is 0.434 e. The number of carbonyl (C=O) groups is 3. The van der Waals surface area contributed by atoms with Gasteiger partial charge in [0.05, 0.1) is 17.6 Å². The maximum atomic E-state index is 12.6. The summed E-state index contributed by atoms with van der Waals surface area (Å²) >= 11 is 0. The average Bonchev–Trinajstić information content (AvgIpc) is 3.40. The predicted octanol–water partition coefficient (Wildman–Crippen LogP) is 4.89. The van der Waals surface area contributed by atoms with Crippen molar-refractivity contribution in [2.75, 3.05) is 34.8 Å². The van der Waals surface area contributed by atoms with Crippen LogP contribution >= 0.6 is 0 Å². The third kappa shape index (κ3) is 3.69. The largest absolute Gasteiger partial charge is 0.513 e. The summed E-state index contributed by atoms with van der Waals surface area (Å²) in [6.45, 7) is 1.87. The van der Waals surface area contributed by atoms with Gasteiger partial charge in [-0.1, -0.05) is 0 Å². The number of aromatic amines is 2. The summed E-state index contributed by atoms with van der Waals surface area (Å²) in [6, 6.07) is 12.8. The molecule has 2 aromatic heterocycles. The molecule has 0 bridgehead atoms. The standard InChI is InChI=1S/C27H26N4O5/c1-6-35-27(34)36-24-22-18(16-11-14(25(32)30(2)3)7-9-20(16)28-22)13-19-17-12-15(26(33)31(4)5)8-10-21(17)29-23(19)24/h7-13,28-29H,6H2,1-5H3. The van der Waals surface area contributed by atoms with Crippen LogP contribution in [-0.4, -0.2) is 72.5 Å². The van der Waals surface area contributed by atoms with Crippen molar-refractivity contribution in [3.8, 4) is 5.75 Å². The Balaban J connectivity index is 1.84. The zero-order chi connectivity index (χ0) is 25.7. The maximum Gasteiger partial charge on any atom is 0.513 e. The molecule has 0 spiro atoms. The topological polar surface area (TPSA) is 108 Å². The summed E-state index contributed by atoms with van der Waals surface area (Å²) in [6.07, 6.45) is -0.824. The molecule has 5 aromatic rings. The number of aromatic nitrogens is 2. The second kappa shape index (κ2) is 8.60. The first kappa shape index (κ1) is 23.2. The van der Waals surface area contributed by atoms with Crippen LogP contribution in [0.25, 0.3) is 43.6 Å². The van der Waals surface area contributed by atoms with E-state index in [0.29, 0.717) is 22.2 Å². The fourth-order valence-corrected chi connectivity index (χ4v) is 4.47. The van der Waals surface area contributed by atoms with Crippen LogP contribution in [0.5, 0.6) is 5.75 Å². The SMILES string of the molecule is CCOC(=O)Oc1c2[nH]c3ccc(C(=O)N(C)C)cc3c2cc2c1[nH]c1ccc(C(=O)N(C)C)cc12. The van der Waals surface area contributed by atoms with Gasteiger partial charge in [-0.2, -0.15) is 0 Å². The summed E-state index contributed by atoms with van der Waals surface area (Å²) in [4.78, 5) is 47.3. The minimum atomic E-state index is -0.824. The Kier molecular flexibility index (Phi) is 5.55. The molecule has 0 aliphatic rings. The first-order chi connectivity index (χ1) is 17.2. The van der Waals surface area contributed by atoms with Crippen molar-refractivity contribution in [3.05, 3.63) is 53.6 Å². The fraction of sp³-hybridized carbons (Fsp3) is 0.222. The molecule has 36 heavy (non-hydrogen) atoms. The van der Waals surface area contributed by atoms with Crippen molar-refractivity contribution in [2.45, 2.75) is 6.92 Å². The number of amides is 2. The first-order valence-electron chi connectivity index (χ1n) is 11.5. The molecular weight excluding hydrogens is 460 g/mol. The van der Waals surface area contributed by atoms with Crippen molar-refractivity contribution in [1.29, 1.82) is 0 Å². The molecule has 0 saturated carbocycles. The Morgan fingerprint density at radius 2 is 1.19 bits per heavy atom. The van der Waals surface area contributed by atoms with Crippen molar-refractivity contribution in [3.63, 3.8) is 0 Å². The number of H-pyrrole nitrogens is 2. The van der Waals surface area contributed by atoms with Gasteiger partial charge in [0.2, 0.25) is 0 Å². The van der Waals surface area contributed by atoms with Crippen LogP contribution < -0.4 is 4.74 Å². The second-order valence-corrected chi connectivity index (χ2v) is 9.01. The summed E-state index contributed by atoms with van der Waals surface area (Å²) < 4.78 is 10.8. The Labute approximate surface area is 206 Å². The van der Waals surface area contributed by atoms with E-state index < -0.39 is 6.16 Å². The van der Waals surface area contributed by atoms with Gasteiger partial charge in [-0.05, 0) is 49.4 Å². The van der Waals surface area contributed by atoms with E-state index in [1.807, 2.05) is 30.3 Å². The molecule has 2 amide bonds. The van der Waals surface area contributed by atoms with Gasteiger partial charge in [0, 0.05) is 71.9 Å². The lowest BCUT2D eigenvalue weighted by Crippen LogP contribution is -2.21. The van der Waals surface area contributed by atoms with E-state index in [-0.39, 0.29) is 24.2 Å². The lowest BCUT2D eigenvalue weighted by Gasteiger charge is -2.10. The van der Waals surface area contributed by atoms with Gasteiger partial charge in [0.15, 0.2) is 5.75 Å². The molecule has 5 rings (SSSR count).